The Morgan fingerprint density at radius 3 is 2.95 bits per heavy atom. The van der Waals surface area contributed by atoms with Crippen molar-refractivity contribution in [2.75, 3.05) is 19.3 Å². The minimum absolute atomic E-state index is 0.101. The van der Waals surface area contributed by atoms with E-state index in [1.54, 1.807) is 16.7 Å². The van der Waals surface area contributed by atoms with Crippen LogP contribution in [0.15, 0.2) is 24.3 Å². The maximum absolute atomic E-state index is 12.6. The van der Waals surface area contributed by atoms with Crippen molar-refractivity contribution < 1.29 is 9.90 Å². The molecule has 1 heterocycles. The van der Waals surface area contributed by atoms with E-state index in [-0.39, 0.29) is 17.3 Å². The number of hydrogen-bond donors (Lipinski definition) is 1. The van der Waals surface area contributed by atoms with Gasteiger partial charge in [-0.2, -0.15) is 0 Å². The average molecular weight is 291 g/mol. The lowest BCUT2D eigenvalue weighted by Gasteiger charge is -2.29. The average Bonchev–Trinajstić information content (AvgIpc) is 3.30. The quantitative estimate of drug-likeness (QED) is 0.925. The van der Waals surface area contributed by atoms with Crippen molar-refractivity contribution in [2.24, 2.45) is 5.92 Å². The van der Waals surface area contributed by atoms with Crippen molar-refractivity contribution >= 4 is 17.7 Å². The molecule has 1 aromatic carbocycles. The van der Waals surface area contributed by atoms with Crippen molar-refractivity contribution in [3.05, 3.63) is 35.4 Å². The molecule has 1 fully saturated rings. The molecule has 108 valence electrons. The zero-order valence-corrected chi connectivity index (χ0v) is 12.6. The van der Waals surface area contributed by atoms with E-state index in [1.165, 1.54) is 5.56 Å². The zero-order chi connectivity index (χ0) is 14.1. The van der Waals surface area contributed by atoms with Crippen molar-refractivity contribution in [2.45, 2.75) is 30.6 Å². The summed E-state index contributed by atoms with van der Waals surface area (Å²) in [7, 11) is 1.81. The smallest absolute Gasteiger partial charge is 0.240 e. The highest BCUT2D eigenvalue weighted by atomic mass is 32.2. The van der Waals surface area contributed by atoms with Gasteiger partial charge in [0.25, 0.3) is 0 Å². The van der Waals surface area contributed by atoms with Crippen LogP contribution in [0.2, 0.25) is 0 Å². The molecule has 3 nitrogen and oxygen atoms in total. The third-order valence-electron chi connectivity index (χ3n) is 4.22. The van der Waals surface area contributed by atoms with Crippen molar-refractivity contribution in [3.8, 4) is 0 Å². The van der Waals surface area contributed by atoms with Gasteiger partial charge in [-0.1, -0.05) is 24.3 Å². The van der Waals surface area contributed by atoms with Crippen LogP contribution < -0.4 is 0 Å². The molecular formula is C16H21NO2S. The summed E-state index contributed by atoms with van der Waals surface area (Å²) in [6, 6.07) is 8.23. The first-order valence-electron chi connectivity index (χ1n) is 7.29. The number of aryl methyl sites for hydroxylation is 1. The number of hydrogen-bond acceptors (Lipinski definition) is 3. The second kappa shape index (κ2) is 5.78. The number of likely N-dealkylation sites (N-methyl/N-ethyl adjacent to an activating group) is 1. The third kappa shape index (κ3) is 2.86. The lowest BCUT2D eigenvalue weighted by atomic mass is 10.0. The Labute approximate surface area is 124 Å². The van der Waals surface area contributed by atoms with E-state index in [2.05, 4.69) is 12.1 Å². The largest absolute Gasteiger partial charge is 0.391 e. The Kier molecular flexibility index (Phi) is 4.03. The first-order chi connectivity index (χ1) is 9.66. The van der Waals surface area contributed by atoms with Crippen LogP contribution in [0.3, 0.4) is 0 Å². The molecule has 1 amide bonds. The maximum Gasteiger partial charge on any atom is 0.240 e. The molecule has 0 spiro atoms. The summed E-state index contributed by atoms with van der Waals surface area (Å²) < 4.78 is 0. The zero-order valence-electron chi connectivity index (χ0n) is 11.8. The third-order valence-corrected chi connectivity index (χ3v) is 5.45. The number of benzene rings is 1. The van der Waals surface area contributed by atoms with Crippen LogP contribution in [0, 0.1) is 5.92 Å². The standard InChI is InChI=1S/C16H21NO2S/c1-17(10-14(18)12-6-7-12)16(19)15-13-5-3-2-4-11(13)8-9-20-15/h2-5,12,14-15,18H,6-10H2,1H3. The second-order valence-electron chi connectivity index (χ2n) is 5.82. The predicted molar refractivity (Wildman–Crippen MR) is 81.7 cm³/mol. The van der Waals surface area contributed by atoms with Gasteiger partial charge in [-0.3, -0.25) is 4.79 Å². The fraction of sp³-hybridized carbons (Fsp3) is 0.562. The van der Waals surface area contributed by atoms with E-state index in [0.717, 1.165) is 30.6 Å². The van der Waals surface area contributed by atoms with Gasteiger partial charge in [0, 0.05) is 13.6 Å². The van der Waals surface area contributed by atoms with Gasteiger partial charge in [0.1, 0.15) is 5.25 Å². The van der Waals surface area contributed by atoms with Crippen LogP contribution in [0.1, 0.15) is 29.2 Å². The molecule has 0 saturated heterocycles. The second-order valence-corrected chi connectivity index (χ2v) is 7.04. The maximum atomic E-state index is 12.6. The molecule has 20 heavy (non-hydrogen) atoms. The fourth-order valence-corrected chi connectivity index (χ4v) is 4.10. The molecule has 2 aliphatic rings. The Balaban J connectivity index is 1.70. The molecule has 2 unspecified atom stereocenters. The number of fused-ring (bicyclic) bond motifs is 1. The highest BCUT2D eigenvalue weighted by Gasteiger charge is 2.34. The lowest BCUT2D eigenvalue weighted by Crippen LogP contribution is -2.38. The number of nitrogens with zero attached hydrogens (tertiary/aromatic N) is 1. The normalized spacial score (nSPS) is 23.0. The van der Waals surface area contributed by atoms with Crippen LogP contribution in [0.25, 0.3) is 0 Å². The molecular weight excluding hydrogens is 270 g/mol. The molecule has 1 aromatic rings. The molecule has 4 heteroatoms. The first kappa shape index (κ1) is 14.0. The SMILES string of the molecule is CN(CC(O)C1CC1)C(=O)C1SCCc2ccccc21. The van der Waals surface area contributed by atoms with Gasteiger partial charge < -0.3 is 10.0 Å². The predicted octanol–water partition coefficient (Wildman–Crippen LogP) is 2.25. The van der Waals surface area contributed by atoms with E-state index in [1.807, 2.05) is 19.2 Å². The van der Waals surface area contributed by atoms with E-state index < -0.39 is 0 Å². The summed E-state index contributed by atoms with van der Waals surface area (Å²) in [4.78, 5) is 14.3. The molecule has 1 aliphatic heterocycles. The molecule has 3 rings (SSSR count). The van der Waals surface area contributed by atoms with Crippen LogP contribution in [-0.2, 0) is 11.2 Å². The molecule has 2 atom stereocenters. The number of aliphatic hydroxyl groups is 1. The summed E-state index contributed by atoms with van der Waals surface area (Å²) in [5.74, 6) is 1.53. The number of amides is 1. The van der Waals surface area contributed by atoms with Gasteiger partial charge in [-0.05, 0) is 42.1 Å². The van der Waals surface area contributed by atoms with E-state index in [0.29, 0.717) is 12.5 Å². The van der Waals surface area contributed by atoms with E-state index >= 15 is 0 Å². The van der Waals surface area contributed by atoms with Crippen LogP contribution in [0.4, 0.5) is 0 Å². The summed E-state index contributed by atoms with van der Waals surface area (Å²) in [5, 5.41) is 9.90. The van der Waals surface area contributed by atoms with Crippen LogP contribution in [-0.4, -0.2) is 41.4 Å². The molecule has 0 bridgehead atoms. The van der Waals surface area contributed by atoms with Crippen molar-refractivity contribution in [1.29, 1.82) is 0 Å². The number of carbonyl (C=O) groups excluding carboxylic acids is 1. The first-order valence-corrected chi connectivity index (χ1v) is 8.34. The minimum atomic E-state index is -0.354. The Morgan fingerprint density at radius 1 is 1.45 bits per heavy atom. The molecule has 1 aliphatic carbocycles. The highest BCUT2D eigenvalue weighted by Crippen LogP contribution is 2.38. The van der Waals surface area contributed by atoms with E-state index in [9.17, 15) is 9.90 Å². The molecule has 1 saturated carbocycles. The van der Waals surface area contributed by atoms with Crippen LogP contribution >= 0.6 is 11.8 Å². The van der Waals surface area contributed by atoms with Crippen molar-refractivity contribution in [3.63, 3.8) is 0 Å². The Morgan fingerprint density at radius 2 is 2.20 bits per heavy atom. The van der Waals surface area contributed by atoms with Gasteiger partial charge in [0.15, 0.2) is 0 Å². The number of thioether (sulfide) groups is 1. The number of aliphatic hydroxyl groups excluding tert-OH is 1. The Bertz CT molecular complexity index is 501. The summed E-state index contributed by atoms with van der Waals surface area (Å²) in [6.45, 7) is 0.461. The minimum Gasteiger partial charge on any atom is -0.391 e. The number of carbonyl (C=O) groups is 1. The molecule has 1 N–H and O–H groups in total. The van der Waals surface area contributed by atoms with Crippen LogP contribution in [0.5, 0.6) is 0 Å². The molecule has 0 radical (unpaired) electrons. The topological polar surface area (TPSA) is 40.5 Å². The summed E-state index contributed by atoms with van der Waals surface area (Å²) >= 11 is 1.72. The van der Waals surface area contributed by atoms with E-state index in [4.69, 9.17) is 0 Å². The van der Waals surface area contributed by atoms with Gasteiger partial charge in [-0.25, -0.2) is 0 Å². The van der Waals surface area contributed by atoms with Crippen molar-refractivity contribution in [1.82, 2.24) is 4.90 Å². The van der Waals surface area contributed by atoms with Gasteiger partial charge in [-0.15, -0.1) is 11.8 Å². The van der Waals surface area contributed by atoms with Gasteiger partial charge in [0.2, 0.25) is 5.91 Å². The fourth-order valence-electron chi connectivity index (χ4n) is 2.80. The number of rotatable bonds is 4. The highest BCUT2D eigenvalue weighted by molar-refractivity contribution is 8.00. The monoisotopic (exact) mass is 291 g/mol. The molecule has 0 aromatic heterocycles. The van der Waals surface area contributed by atoms with Gasteiger partial charge in [0.05, 0.1) is 6.10 Å². The summed E-state index contributed by atoms with van der Waals surface area (Å²) in [5.41, 5.74) is 2.45. The summed E-state index contributed by atoms with van der Waals surface area (Å²) in [6.07, 6.45) is 2.89. The van der Waals surface area contributed by atoms with Gasteiger partial charge >= 0.3 is 0 Å². The Hall–Kier alpha value is -1.00. The lowest BCUT2D eigenvalue weighted by molar-refractivity contribution is -0.130.